The summed E-state index contributed by atoms with van der Waals surface area (Å²) in [5.74, 6) is -3.10. The maximum absolute atomic E-state index is 10.1. The Balaban J connectivity index is 0.000000410. The van der Waals surface area contributed by atoms with E-state index in [2.05, 4.69) is 21.3 Å². The van der Waals surface area contributed by atoms with Crippen molar-refractivity contribution in [3.05, 3.63) is 21.3 Å². The summed E-state index contributed by atoms with van der Waals surface area (Å²) in [6.45, 7) is 2.93. The Labute approximate surface area is 206 Å². The van der Waals surface area contributed by atoms with Crippen LogP contribution in [0.3, 0.4) is 0 Å². The van der Waals surface area contributed by atoms with Crippen molar-refractivity contribution >= 4 is 23.9 Å². The molecule has 4 aliphatic rings. The zero-order chi connectivity index (χ0) is 23.9. The summed E-state index contributed by atoms with van der Waals surface area (Å²) in [7, 11) is 0. The molecule has 0 unspecified atom stereocenters. The molecule has 0 aromatic carbocycles. The van der Waals surface area contributed by atoms with Crippen LogP contribution < -0.4 is 0 Å². The fraction of sp³-hybridized carbons (Fsp3) is 0.800. The predicted molar refractivity (Wildman–Crippen MR) is 116 cm³/mol. The van der Waals surface area contributed by atoms with E-state index in [0.717, 1.165) is 77.5 Å². The molecule has 0 saturated carbocycles. The zero-order valence-corrected chi connectivity index (χ0v) is 20.0. The molecule has 193 valence electrons. The topological polar surface area (TPSA) is 206 Å². The molecule has 33 heavy (non-hydrogen) atoms. The molecule has 0 aromatic rings. The van der Waals surface area contributed by atoms with E-state index < -0.39 is 48.0 Å². The Morgan fingerprint density at radius 3 is 0.697 bits per heavy atom. The molecule has 13 heteroatoms. The minimum Gasteiger partial charge on any atom is -0.650 e. The third-order valence-corrected chi connectivity index (χ3v) is 5.08. The Hall–Kier alpha value is -1.66. The van der Waals surface area contributed by atoms with Crippen molar-refractivity contribution in [2.24, 2.45) is 0 Å². The number of carboxylic acids is 4. The van der Waals surface area contributed by atoms with Gasteiger partial charge in [0.15, 0.2) is 0 Å². The third kappa shape index (κ3) is 13.6. The second-order valence-corrected chi connectivity index (χ2v) is 7.61. The molecule has 0 aromatic heterocycles. The van der Waals surface area contributed by atoms with E-state index in [-0.39, 0.29) is 19.5 Å². The van der Waals surface area contributed by atoms with Crippen molar-refractivity contribution in [1.29, 1.82) is 0 Å². The first-order valence-electron chi connectivity index (χ1n) is 10.8. The Bertz CT molecular complexity index is 497. The van der Waals surface area contributed by atoms with Crippen molar-refractivity contribution < 1.29 is 59.1 Å². The predicted octanol–water partition coefficient (Wildman–Crippen LogP) is 2.43. The van der Waals surface area contributed by atoms with Gasteiger partial charge in [0.25, 0.3) is 23.9 Å². The minimum absolute atomic E-state index is 0. The van der Waals surface area contributed by atoms with Crippen LogP contribution in [0.4, 0.5) is 0 Å². The molecule has 1 radical (unpaired) electrons. The van der Waals surface area contributed by atoms with Crippen LogP contribution in [-0.4, -0.2) is 94.6 Å². The molecular weight excluding hydrogens is 527 g/mol. The van der Waals surface area contributed by atoms with E-state index in [1.54, 1.807) is 0 Å². The van der Waals surface area contributed by atoms with Crippen molar-refractivity contribution in [3.8, 4) is 0 Å². The van der Waals surface area contributed by atoms with Gasteiger partial charge in [-0.15, -0.1) is 26.2 Å². The molecule has 12 nitrogen and oxygen atoms in total. The van der Waals surface area contributed by atoms with Crippen LogP contribution in [0.15, 0.2) is 0 Å². The van der Waals surface area contributed by atoms with E-state index in [1.165, 1.54) is 0 Å². The Morgan fingerprint density at radius 1 is 0.455 bits per heavy atom. The smallest absolute Gasteiger partial charge is 0.285 e. The van der Waals surface area contributed by atoms with Crippen molar-refractivity contribution in [1.82, 2.24) is 0 Å². The van der Waals surface area contributed by atoms with Crippen LogP contribution >= 0.6 is 0 Å². The number of carboxylic acid groups (broad SMARTS) is 4. The second-order valence-electron chi connectivity index (χ2n) is 7.61. The SMILES string of the molecule is O=C(O)[C@@H]1CCC[N-]1.O=C(O)[C@@H]1CCC[N-]1.O=C(O)[C@@H]1CCC[N-]1.O=C(O)[C@@H]1CCC[N-]1.[Rh]. The van der Waals surface area contributed by atoms with Crippen molar-refractivity contribution in [2.75, 3.05) is 26.2 Å². The molecule has 4 heterocycles. The maximum Gasteiger partial charge on any atom is 0.285 e. The summed E-state index contributed by atoms with van der Waals surface area (Å²) in [5.41, 5.74) is 0. The maximum atomic E-state index is 10.1. The standard InChI is InChI=1S/4C5H8NO2.Rh/c4*7-5(8)4-2-1-3-6-4;/h4*4H,1-3H2,(H,7,8);/q4*-1;/t4*4-;/m0000./s1. The summed E-state index contributed by atoms with van der Waals surface area (Å²) < 4.78 is 0. The van der Waals surface area contributed by atoms with E-state index >= 15 is 0 Å². The van der Waals surface area contributed by atoms with Crippen molar-refractivity contribution in [3.63, 3.8) is 0 Å². The quantitative estimate of drug-likeness (QED) is 0.375. The molecule has 4 N–H and O–H groups in total. The molecule has 4 aliphatic heterocycles. The van der Waals surface area contributed by atoms with E-state index in [1.807, 2.05) is 0 Å². The van der Waals surface area contributed by atoms with Crippen LogP contribution in [0.2, 0.25) is 0 Å². The first-order valence-corrected chi connectivity index (χ1v) is 10.8. The van der Waals surface area contributed by atoms with Crippen molar-refractivity contribution in [2.45, 2.75) is 75.5 Å². The zero-order valence-electron chi connectivity index (χ0n) is 18.3. The van der Waals surface area contributed by atoms with E-state index in [4.69, 9.17) is 20.4 Å². The first kappa shape index (κ1) is 31.3. The van der Waals surface area contributed by atoms with Gasteiger partial charge in [0.05, 0.1) is 0 Å². The molecule has 0 amide bonds. The fourth-order valence-corrected chi connectivity index (χ4v) is 3.30. The van der Waals surface area contributed by atoms with Crippen LogP contribution in [-0.2, 0) is 38.7 Å². The van der Waals surface area contributed by atoms with Crippen LogP contribution in [0.1, 0.15) is 51.4 Å². The number of hydrogen-bond donors (Lipinski definition) is 4. The summed E-state index contributed by atoms with van der Waals surface area (Å²) in [6.07, 6.45) is 6.69. The van der Waals surface area contributed by atoms with E-state index in [9.17, 15) is 19.2 Å². The number of rotatable bonds is 4. The van der Waals surface area contributed by atoms with Gasteiger partial charge in [-0.25, -0.2) is 0 Å². The summed E-state index contributed by atoms with van der Waals surface area (Å²) >= 11 is 0. The van der Waals surface area contributed by atoms with Crippen LogP contribution in [0, 0.1) is 0 Å². The van der Waals surface area contributed by atoms with Gasteiger partial charge in [-0.05, 0) is 24.2 Å². The Morgan fingerprint density at radius 2 is 0.636 bits per heavy atom. The molecule has 4 atom stereocenters. The van der Waals surface area contributed by atoms with Gasteiger partial charge in [0.1, 0.15) is 0 Å². The number of hydrogen-bond acceptors (Lipinski definition) is 4. The van der Waals surface area contributed by atoms with Gasteiger partial charge >= 0.3 is 0 Å². The molecule has 4 rings (SSSR count). The normalized spacial score (nSPS) is 27.4. The average Bonchev–Trinajstić information content (AvgIpc) is 3.56. The number of carbonyl (C=O) groups is 4. The van der Waals surface area contributed by atoms with Crippen LogP contribution in [0.5, 0.6) is 0 Å². The Kier molecular flexibility index (Phi) is 16.9. The molecular formula is C20H32N4O8Rh-4. The van der Waals surface area contributed by atoms with E-state index in [0.29, 0.717) is 0 Å². The summed E-state index contributed by atoms with van der Waals surface area (Å²) in [5, 5.41) is 48.6. The number of nitrogens with zero attached hydrogens (tertiary/aromatic N) is 4. The fourth-order valence-electron chi connectivity index (χ4n) is 3.30. The van der Waals surface area contributed by atoms with Gasteiger partial charge in [-0.1, -0.05) is 51.4 Å². The second kappa shape index (κ2) is 17.8. The molecule has 0 aliphatic carbocycles. The van der Waals surface area contributed by atoms with Gasteiger partial charge in [0.2, 0.25) is 0 Å². The van der Waals surface area contributed by atoms with Gasteiger partial charge in [0, 0.05) is 19.5 Å². The number of aliphatic carboxylic acids is 4. The molecule has 0 bridgehead atoms. The monoisotopic (exact) mass is 559 g/mol. The minimum atomic E-state index is -0.775. The van der Waals surface area contributed by atoms with Gasteiger partial charge in [-0.3, -0.25) is 19.2 Å². The summed E-state index contributed by atoms with van der Waals surface area (Å²) in [4.78, 5) is 40.4. The van der Waals surface area contributed by atoms with Gasteiger partial charge in [-0.2, -0.15) is 0 Å². The molecule has 0 spiro atoms. The summed E-state index contributed by atoms with van der Waals surface area (Å²) in [6, 6.07) is -1.57. The molecule has 4 fully saturated rings. The first-order chi connectivity index (χ1) is 15.2. The van der Waals surface area contributed by atoms with Gasteiger partial charge < -0.3 is 41.7 Å². The molecule has 4 saturated heterocycles. The average molecular weight is 559 g/mol. The largest absolute Gasteiger partial charge is 0.650 e. The third-order valence-electron chi connectivity index (χ3n) is 5.08. The van der Waals surface area contributed by atoms with Crippen LogP contribution in [0.25, 0.3) is 21.3 Å².